The normalized spacial score (nSPS) is 10.8. The molecule has 9 heteroatoms. The van der Waals surface area contributed by atoms with Crippen LogP contribution in [-0.4, -0.2) is 26.5 Å². The summed E-state index contributed by atoms with van der Waals surface area (Å²) in [6, 6.07) is 12.3. The molecule has 3 rings (SSSR count). The molecule has 27 heavy (non-hydrogen) atoms. The van der Waals surface area contributed by atoms with Crippen molar-refractivity contribution in [1.29, 1.82) is 0 Å². The standard InChI is InChI=1S/C18H17BrFN5OS/c1-11-8-12(6-7-15(11)20)9-22-16(26)10-27-18-24-23-17(25(18)21)13-4-2-3-5-14(13)19/h2-8H,9-10,21H2,1H3,(H,22,26). The van der Waals surface area contributed by atoms with E-state index in [1.54, 1.807) is 19.1 Å². The smallest absolute Gasteiger partial charge is 0.230 e. The molecule has 3 aromatic rings. The van der Waals surface area contributed by atoms with Gasteiger partial charge in [-0.1, -0.05) is 52.0 Å². The van der Waals surface area contributed by atoms with Crippen LogP contribution in [0.3, 0.4) is 0 Å². The molecule has 0 aliphatic rings. The Bertz CT molecular complexity index is 978. The zero-order chi connectivity index (χ0) is 19.4. The zero-order valence-corrected chi connectivity index (χ0v) is 16.8. The summed E-state index contributed by atoms with van der Waals surface area (Å²) < 4.78 is 15.5. The van der Waals surface area contributed by atoms with Gasteiger partial charge in [-0.05, 0) is 36.2 Å². The molecule has 0 radical (unpaired) electrons. The highest BCUT2D eigenvalue weighted by Gasteiger charge is 2.15. The van der Waals surface area contributed by atoms with E-state index >= 15 is 0 Å². The number of carbonyl (C=O) groups excluding carboxylic acids is 1. The molecule has 0 saturated carbocycles. The molecule has 0 unspecified atom stereocenters. The summed E-state index contributed by atoms with van der Waals surface area (Å²) in [7, 11) is 0. The Kier molecular flexibility index (Phi) is 6.12. The summed E-state index contributed by atoms with van der Waals surface area (Å²) in [6.45, 7) is 2.02. The number of aromatic nitrogens is 3. The second kappa shape index (κ2) is 8.53. The molecule has 3 N–H and O–H groups in total. The molecular formula is C18H17BrFN5OS. The van der Waals surface area contributed by atoms with Crippen molar-refractivity contribution < 1.29 is 9.18 Å². The fourth-order valence-electron chi connectivity index (χ4n) is 2.40. The molecule has 1 aromatic heterocycles. The molecule has 2 aromatic carbocycles. The van der Waals surface area contributed by atoms with Crippen molar-refractivity contribution in [2.24, 2.45) is 0 Å². The largest absolute Gasteiger partial charge is 0.351 e. The summed E-state index contributed by atoms with van der Waals surface area (Å²) in [4.78, 5) is 12.1. The zero-order valence-electron chi connectivity index (χ0n) is 14.4. The third-order valence-corrected chi connectivity index (χ3v) is 5.46. The van der Waals surface area contributed by atoms with Crippen molar-refractivity contribution >= 4 is 33.6 Å². The van der Waals surface area contributed by atoms with Crippen molar-refractivity contribution in [2.75, 3.05) is 11.6 Å². The van der Waals surface area contributed by atoms with Crippen LogP contribution in [0.4, 0.5) is 4.39 Å². The number of carbonyl (C=O) groups is 1. The predicted octanol–water partition coefficient (Wildman–Crippen LogP) is 3.28. The molecule has 0 aliphatic heterocycles. The van der Waals surface area contributed by atoms with E-state index in [0.717, 1.165) is 15.6 Å². The second-order valence-corrected chi connectivity index (χ2v) is 7.60. The van der Waals surface area contributed by atoms with E-state index in [2.05, 4.69) is 31.4 Å². The molecular weight excluding hydrogens is 433 g/mol. The van der Waals surface area contributed by atoms with E-state index in [1.165, 1.54) is 22.5 Å². The van der Waals surface area contributed by atoms with Gasteiger partial charge in [0.2, 0.25) is 11.1 Å². The van der Waals surface area contributed by atoms with Gasteiger partial charge in [-0.25, -0.2) is 9.07 Å². The third kappa shape index (κ3) is 4.67. The Labute approximate surface area is 168 Å². The van der Waals surface area contributed by atoms with Crippen molar-refractivity contribution in [3.05, 3.63) is 63.9 Å². The molecule has 1 amide bonds. The van der Waals surface area contributed by atoms with Gasteiger partial charge < -0.3 is 11.2 Å². The van der Waals surface area contributed by atoms with Gasteiger partial charge in [0.25, 0.3) is 0 Å². The van der Waals surface area contributed by atoms with Crippen molar-refractivity contribution in [3.8, 4) is 11.4 Å². The number of nitrogens with zero attached hydrogens (tertiary/aromatic N) is 3. The van der Waals surface area contributed by atoms with Crippen LogP contribution < -0.4 is 11.2 Å². The lowest BCUT2D eigenvalue weighted by Gasteiger charge is -2.07. The Morgan fingerprint density at radius 3 is 2.81 bits per heavy atom. The number of hydrogen-bond donors (Lipinski definition) is 2. The van der Waals surface area contributed by atoms with Crippen LogP contribution in [0, 0.1) is 12.7 Å². The number of hydrogen-bond acceptors (Lipinski definition) is 5. The van der Waals surface area contributed by atoms with E-state index in [0.29, 0.717) is 23.1 Å². The van der Waals surface area contributed by atoms with E-state index in [1.807, 2.05) is 24.3 Å². The van der Waals surface area contributed by atoms with Crippen molar-refractivity contribution in [2.45, 2.75) is 18.6 Å². The van der Waals surface area contributed by atoms with Gasteiger partial charge in [0, 0.05) is 16.6 Å². The Morgan fingerprint density at radius 2 is 2.07 bits per heavy atom. The highest BCUT2D eigenvalue weighted by atomic mass is 79.9. The molecule has 1 heterocycles. The quantitative estimate of drug-likeness (QED) is 0.445. The van der Waals surface area contributed by atoms with E-state index in [-0.39, 0.29) is 17.5 Å². The lowest BCUT2D eigenvalue weighted by Crippen LogP contribution is -2.25. The van der Waals surface area contributed by atoms with Crippen LogP contribution in [0.15, 0.2) is 52.1 Å². The maximum Gasteiger partial charge on any atom is 0.230 e. The third-order valence-electron chi connectivity index (χ3n) is 3.82. The highest BCUT2D eigenvalue weighted by Crippen LogP contribution is 2.27. The fraction of sp³-hybridized carbons (Fsp3) is 0.167. The minimum absolute atomic E-state index is 0.144. The molecule has 0 bridgehead atoms. The average Bonchev–Trinajstić information content (AvgIpc) is 3.02. The first-order valence-corrected chi connectivity index (χ1v) is 9.83. The fourth-order valence-corrected chi connectivity index (χ4v) is 3.55. The van der Waals surface area contributed by atoms with Crippen LogP contribution in [0.2, 0.25) is 0 Å². The van der Waals surface area contributed by atoms with E-state index in [4.69, 9.17) is 5.84 Å². The molecule has 0 spiro atoms. The first-order chi connectivity index (χ1) is 13.0. The maximum atomic E-state index is 13.3. The summed E-state index contributed by atoms with van der Waals surface area (Å²) in [6.07, 6.45) is 0. The number of halogens is 2. The number of rotatable bonds is 6. The summed E-state index contributed by atoms with van der Waals surface area (Å²) in [5.41, 5.74) is 2.20. The molecule has 0 saturated heterocycles. The number of nitrogens with two attached hydrogens (primary N) is 1. The Hall–Kier alpha value is -2.39. The van der Waals surface area contributed by atoms with Gasteiger partial charge in [-0.15, -0.1) is 10.2 Å². The molecule has 0 atom stereocenters. The van der Waals surface area contributed by atoms with Crippen LogP contribution in [0.5, 0.6) is 0 Å². The Morgan fingerprint density at radius 1 is 1.30 bits per heavy atom. The van der Waals surface area contributed by atoms with Gasteiger partial charge in [0.1, 0.15) is 5.82 Å². The average molecular weight is 450 g/mol. The first-order valence-electron chi connectivity index (χ1n) is 8.05. The SMILES string of the molecule is Cc1cc(CNC(=O)CSc2nnc(-c3ccccc3Br)n2N)ccc1F. The monoisotopic (exact) mass is 449 g/mol. The molecule has 6 nitrogen and oxygen atoms in total. The number of aryl methyl sites for hydroxylation is 1. The molecule has 0 fully saturated rings. The van der Waals surface area contributed by atoms with Crippen LogP contribution in [0.25, 0.3) is 11.4 Å². The van der Waals surface area contributed by atoms with E-state index < -0.39 is 0 Å². The summed E-state index contributed by atoms with van der Waals surface area (Å²) in [5.74, 6) is 6.29. The minimum atomic E-state index is -0.260. The van der Waals surface area contributed by atoms with E-state index in [9.17, 15) is 9.18 Å². The van der Waals surface area contributed by atoms with Crippen molar-refractivity contribution in [1.82, 2.24) is 20.2 Å². The first kappa shape index (κ1) is 19.4. The van der Waals surface area contributed by atoms with Crippen LogP contribution in [0.1, 0.15) is 11.1 Å². The lowest BCUT2D eigenvalue weighted by molar-refractivity contribution is -0.118. The van der Waals surface area contributed by atoms with Crippen molar-refractivity contribution in [3.63, 3.8) is 0 Å². The maximum absolute atomic E-state index is 13.3. The van der Waals surface area contributed by atoms with Gasteiger partial charge in [0.15, 0.2) is 5.82 Å². The minimum Gasteiger partial charge on any atom is -0.351 e. The lowest BCUT2D eigenvalue weighted by atomic mass is 10.1. The Balaban J connectivity index is 1.58. The summed E-state index contributed by atoms with van der Waals surface area (Å²) in [5, 5.41) is 11.4. The number of benzene rings is 2. The van der Waals surface area contributed by atoms with Gasteiger partial charge in [-0.2, -0.15) is 0 Å². The molecule has 140 valence electrons. The number of nitrogens with one attached hydrogen (secondary N) is 1. The predicted molar refractivity (Wildman–Crippen MR) is 107 cm³/mol. The second-order valence-electron chi connectivity index (χ2n) is 5.80. The molecule has 0 aliphatic carbocycles. The van der Waals surface area contributed by atoms with Gasteiger partial charge in [0.05, 0.1) is 5.75 Å². The van der Waals surface area contributed by atoms with Gasteiger partial charge >= 0.3 is 0 Å². The number of amides is 1. The highest BCUT2D eigenvalue weighted by molar-refractivity contribution is 9.10. The summed E-state index contributed by atoms with van der Waals surface area (Å²) >= 11 is 4.65. The van der Waals surface area contributed by atoms with Crippen LogP contribution in [-0.2, 0) is 11.3 Å². The van der Waals surface area contributed by atoms with Crippen LogP contribution >= 0.6 is 27.7 Å². The number of thioether (sulfide) groups is 1. The van der Waals surface area contributed by atoms with Gasteiger partial charge in [-0.3, -0.25) is 4.79 Å². The topological polar surface area (TPSA) is 85.8 Å². The number of nitrogen functional groups attached to an aromatic ring is 1.